The molecule has 0 amide bonds. The summed E-state index contributed by atoms with van der Waals surface area (Å²) in [6.45, 7) is 2.24. The molecule has 130 valence electrons. The van der Waals surface area contributed by atoms with Gasteiger partial charge < -0.3 is 0 Å². The Hall–Kier alpha value is -2.21. The zero-order chi connectivity index (χ0) is 17.8. The van der Waals surface area contributed by atoms with Gasteiger partial charge in [0.1, 0.15) is 11.6 Å². The van der Waals surface area contributed by atoms with Crippen molar-refractivity contribution < 1.29 is 8.78 Å². The maximum absolute atomic E-state index is 14.2. The predicted octanol–water partition coefficient (Wildman–Crippen LogP) is 6.58. The Morgan fingerprint density at radius 1 is 1.00 bits per heavy atom. The topological polar surface area (TPSA) is 23.8 Å². The third-order valence-corrected chi connectivity index (χ3v) is 5.39. The van der Waals surface area contributed by atoms with Crippen molar-refractivity contribution in [3.8, 4) is 17.2 Å². The van der Waals surface area contributed by atoms with Crippen LogP contribution >= 0.6 is 0 Å². The lowest BCUT2D eigenvalue weighted by Crippen LogP contribution is -2.13. The van der Waals surface area contributed by atoms with Crippen LogP contribution in [0.15, 0.2) is 36.4 Å². The summed E-state index contributed by atoms with van der Waals surface area (Å²) in [6, 6.07) is 11.5. The highest BCUT2D eigenvalue weighted by molar-refractivity contribution is 5.66. The molecule has 2 aromatic rings. The van der Waals surface area contributed by atoms with E-state index in [-0.39, 0.29) is 11.1 Å². The van der Waals surface area contributed by atoms with Crippen LogP contribution in [0.1, 0.15) is 62.5 Å². The van der Waals surface area contributed by atoms with E-state index in [0.717, 1.165) is 18.1 Å². The molecule has 0 aromatic heterocycles. The lowest BCUT2D eigenvalue weighted by Gasteiger charge is -2.28. The summed E-state index contributed by atoms with van der Waals surface area (Å²) < 4.78 is 28.3. The van der Waals surface area contributed by atoms with E-state index in [1.54, 1.807) is 18.2 Å². The smallest absolute Gasteiger partial charge is 0.135 e. The van der Waals surface area contributed by atoms with E-state index in [4.69, 9.17) is 5.26 Å². The number of hydrogen-bond acceptors (Lipinski definition) is 1. The van der Waals surface area contributed by atoms with Crippen LogP contribution in [0.25, 0.3) is 11.1 Å². The molecule has 0 N–H and O–H groups in total. The Kier molecular flexibility index (Phi) is 5.48. The largest absolute Gasteiger partial charge is 0.206 e. The molecule has 3 rings (SSSR count). The molecule has 0 saturated heterocycles. The highest BCUT2D eigenvalue weighted by Gasteiger charge is 2.22. The number of halogens is 2. The normalized spacial score (nSPS) is 20.2. The summed E-state index contributed by atoms with van der Waals surface area (Å²) in [5, 5.41) is 8.80. The molecule has 0 radical (unpaired) electrons. The van der Waals surface area contributed by atoms with Crippen molar-refractivity contribution in [2.24, 2.45) is 5.92 Å². The fraction of sp³-hybridized carbons (Fsp3) is 0.409. The molecule has 0 heterocycles. The number of hydrogen-bond donors (Lipinski definition) is 0. The van der Waals surface area contributed by atoms with Gasteiger partial charge in [0.25, 0.3) is 0 Å². The number of benzene rings is 2. The summed E-state index contributed by atoms with van der Waals surface area (Å²) in [5.41, 5.74) is 1.72. The molecule has 0 bridgehead atoms. The first-order valence-electron chi connectivity index (χ1n) is 9.11. The zero-order valence-corrected chi connectivity index (χ0v) is 14.6. The van der Waals surface area contributed by atoms with Crippen molar-refractivity contribution in [2.45, 2.75) is 51.4 Å². The van der Waals surface area contributed by atoms with Gasteiger partial charge in [-0.05, 0) is 60.8 Å². The van der Waals surface area contributed by atoms with Crippen LogP contribution < -0.4 is 0 Å². The van der Waals surface area contributed by atoms with E-state index < -0.39 is 11.6 Å². The first kappa shape index (κ1) is 17.6. The van der Waals surface area contributed by atoms with Crippen LogP contribution in [0.3, 0.4) is 0 Å². The van der Waals surface area contributed by atoms with Crippen LogP contribution in [-0.2, 0) is 0 Å². The van der Waals surface area contributed by atoms with E-state index in [2.05, 4.69) is 6.92 Å². The molecule has 3 heteroatoms. The SMILES string of the molecule is CCCC1CCC(c2ccc(-c3c(F)cc(C#N)cc3F)cc2)CC1. The van der Waals surface area contributed by atoms with Gasteiger partial charge in [0.2, 0.25) is 0 Å². The van der Waals surface area contributed by atoms with Crippen LogP contribution in [-0.4, -0.2) is 0 Å². The van der Waals surface area contributed by atoms with Gasteiger partial charge in [0, 0.05) is 0 Å². The first-order valence-corrected chi connectivity index (χ1v) is 9.11. The molecule has 1 aliphatic rings. The van der Waals surface area contributed by atoms with Crippen molar-refractivity contribution in [1.29, 1.82) is 5.26 Å². The monoisotopic (exact) mass is 339 g/mol. The van der Waals surface area contributed by atoms with E-state index in [1.165, 1.54) is 44.1 Å². The zero-order valence-electron chi connectivity index (χ0n) is 14.6. The second kappa shape index (κ2) is 7.78. The maximum atomic E-state index is 14.2. The fourth-order valence-corrected chi connectivity index (χ4v) is 4.03. The van der Waals surface area contributed by atoms with Crippen molar-refractivity contribution >= 4 is 0 Å². The van der Waals surface area contributed by atoms with Crippen LogP contribution in [0.4, 0.5) is 8.78 Å². The fourth-order valence-electron chi connectivity index (χ4n) is 4.03. The van der Waals surface area contributed by atoms with Crippen molar-refractivity contribution in [3.05, 3.63) is 59.2 Å². The van der Waals surface area contributed by atoms with Crippen LogP contribution in [0, 0.1) is 28.9 Å². The Balaban J connectivity index is 1.77. The van der Waals surface area contributed by atoms with Crippen molar-refractivity contribution in [3.63, 3.8) is 0 Å². The second-order valence-corrected chi connectivity index (χ2v) is 7.06. The summed E-state index contributed by atoms with van der Waals surface area (Å²) in [4.78, 5) is 0. The molecule has 1 aliphatic carbocycles. The molecule has 0 atom stereocenters. The van der Waals surface area contributed by atoms with E-state index >= 15 is 0 Å². The minimum Gasteiger partial charge on any atom is -0.206 e. The van der Waals surface area contributed by atoms with E-state index in [0.29, 0.717) is 11.5 Å². The lowest BCUT2D eigenvalue weighted by molar-refractivity contribution is 0.308. The van der Waals surface area contributed by atoms with Crippen LogP contribution in [0.2, 0.25) is 0 Å². The second-order valence-electron chi connectivity index (χ2n) is 7.06. The summed E-state index contributed by atoms with van der Waals surface area (Å²) in [5.74, 6) is 0.0360. The summed E-state index contributed by atoms with van der Waals surface area (Å²) in [6.07, 6.45) is 7.53. The van der Waals surface area contributed by atoms with Gasteiger partial charge >= 0.3 is 0 Å². The highest BCUT2D eigenvalue weighted by Crippen LogP contribution is 2.38. The summed E-state index contributed by atoms with van der Waals surface area (Å²) >= 11 is 0. The van der Waals surface area contributed by atoms with Gasteiger partial charge in [-0.3, -0.25) is 0 Å². The molecular weight excluding hydrogens is 316 g/mol. The average molecular weight is 339 g/mol. The maximum Gasteiger partial charge on any atom is 0.135 e. The quantitative estimate of drug-likeness (QED) is 0.617. The number of nitriles is 1. The van der Waals surface area contributed by atoms with Gasteiger partial charge in [0.05, 0.1) is 17.2 Å². The van der Waals surface area contributed by atoms with Gasteiger partial charge in [-0.25, -0.2) is 8.78 Å². The average Bonchev–Trinajstić information content (AvgIpc) is 2.62. The molecular formula is C22H23F2N. The molecule has 0 aliphatic heterocycles. The predicted molar refractivity (Wildman–Crippen MR) is 96.1 cm³/mol. The highest BCUT2D eigenvalue weighted by atomic mass is 19.1. The number of nitrogens with zero attached hydrogens (tertiary/aromatic N) is 1. The minimum atomic E-state index is -0.690. The van der Waals surface area contributed by atoms with E-state index in [1.807, 2.05) is 12.1 Å². The molecule has 2 aromatic carbocycles. The van der Waals surface area contributed by atoms with Gasteiger partial charge in [-0.1, -0.05) is 44.0 Å². The van der Waals surface area contributed by atoms with Crippen LogP contribution in [0.5, 0.6) is 0 Å². The third kappa shape index (κ3) is 3.90. The van der Waals surface area contributed by atoms with E-state index in [9.17, 15) is 8.78 Å². The molecule has 0 unspecified atom stereocenters. The Labute approximate surface area is 148 Å². The molecule has 25 heavy (non-hydrogen) atoms. The van der Waals surface area contributed by atoms with Gasteiger partial charge in [-0.15, -0.1) is 0 Å². The first-order chi connectivity index (χ1) is 12.1. The molecule has 0 spiro atoms. The standard InChI is InChI=1S/C22H23F2N/c1-2-3-15-4-6-17(7-5-15)18-8-10-19(11-9-18)22-20(23)12-16(14-25)13-21(22)24/h8-13,15,17H,2-7H2,1H3. The van der Waals surface area contributed by atoms with Gasteiger partial charge in [0.15, 0.2) is 0 Å². The molecule has 1 saturated carbocycles. The number of rotatable bonds is 4. The Morgan fingerprint density at radius 3 is 2.12 bits per heavy atom. The molecule has 1 fully saturated rings. The molecule has 1 nitrogen and oxygen atoms in total. The van der Waals surface area contributed by atoms with Crippen molar-refractivity contribution in [2.75, 3.05) is 0 Å². The minimum absolute atomic E-state index is 0.000732. The Morgan fingerprint density at radius 2 is 1.60 bits per heavy atom. The lowest BCUT2D eigenvalue weighted by atomic mass is 9.77. The third-order valence-electron chi connectivity index (χ3n) is 5.39. The van der Waals surface area contributed by atoms with Crippen molar-refractivity contribution in [1.82, 2.24) is 0 Å². The van der Waals surface area contributed by atoms with Gasteiger partial charge in [-0.2, -0.15) is 5.26 Å². The Bertz CT molecular complexity index is 743. The summed E-state index contributed by atoms with van der Waals surface area (Å²) in [7, 11) is 0.